The topological polar surface area (TPSA) is 95.1 Å². The highest BCUT2D eigenvalue weighted by Gasteiger charge is 2.21. The van der Waals surface area contributed by atoms with Crippen molar-refractivity contribution in [2.75, 3.05) is 0 Å². The van der Waals surface area contributed by atoms with Crippen molar-refractivity contribution >= 4 is 26.7 Å². The summed E-state index contributed by atoms with van der Waals surface area (Å²) in [5.74, 6) is 0. The lowest BCUT2D eigenvalue weighted by molar-refractivity contribution is -0.385. The van der Waals surface area contributed by atoms with Crippen LogP contribution in [-0.2, 0) is 10.0 Å². The summed E-state index contributed by atoms with van der Waals surface area (Å²) in [4.78, 5) is 14.1. The van der Waals surface area contributed by atoms with Crippen LogP contribution in [0, 0.1) is 10.1 Å². The van der Waals surface area contributed by atoms with Gasteiger partial charge in [-0.1, -0.05) is 6.07 Å². The van der Waals surface area contributed by atoms with Crippen molar-refractivity contribution < 1.29 is 13.3 Å². The van der Waals surface area contributed by atoms with Gasteiger partial charge in [0.1, 0.15) is 0 Å². The smallest absolute Gasteiger partial charge is 0.258 e. The van der Waals surface area contributed by atoms with Crippen LogP contribution in [0.4, 0.5) is 5.69 Å². The van der Waals surface area contributed by atoms with E-state index in [4.69, 9.17) is 0 Å². The van der Waals surface area contributed by atoms with Crippen molar-refractivity contribution in [3.8, 4) is 0 Å². The highest BCUT2D eigenvalue weighted by Crippen LogP contribution is 2.23. The van der Waals surface area contributed by atoms with Gasteiger partial charge in [0.05, 0.1) is 20.9 Å². The number of nitro benzene ring substituents is 1. The van der Waals surface area contributed by atoms with Crippen LogP contribution < -0.4 is 0 Å². The molecule has 2 heterocycles. The Labute approximate surface area is 119 Å². The van der Waals surface area contributed by atoms with Gasteiger partial charge in [0.15, 0.2) is 0 Å². The van der Waals surface area contributed by atoms with E-state index in [9.17, 15) is 18.5 Å². The largest absolute Gasteiger partial charge is 0.270 e. The summed E-state index contributed by atoms with van der Waals surface area (Å²) in [6, 6.07) is 9.77. The summed E-state index contributed by atoms with van der Waals surface area (Å²) in [5, 5.41) is 10.8. The molecule has 0 N–H and O–H groups in total. The second-order valence-corrected chi connectivity index (χ2v) is 6.09. The van der Waals surface area contributed by atoms with Gasteiger partial charge in [-0.3, -0.25) is 15.1 Å². The first-order chi connectivity index (χ1) is 10.00. The van der Waals surface area contributed by atoms with E-state index in [0.717, 1.165) is 10.0 Å². The van der Waals surface area contributed by atoms with Crippen LogP contribution in [0.5, 0.6) is 0 Å². The molecule has 21 heavy (non-hydrogen) atoms. The molecule has 2 aromatic heterocycles. The molecule has 0 fully saturated rings. The molecule has 7 nitrogen and oxygen atoms in total. The van der Waals surface area contributed by atoms with E-state index in [1.165, 1.54) is 24.4 Å². The number of pyridine rings is 1. The number of aromatic nitrogens is 2. The van der Waals surface area contributed by atoms with E-state index in [2.05, 4.69) is 4.98 Å². The molecule has 106 valence electrons. The summed E-state index contributed by atoms with van der Waals surface area (Å²) < 4.78 is 26.3. The lowest BCUT2D eigenvalue weighted by Gasteiger charge is -2.07. The summed E-state index contributed by atoms with van der Waals surface area (Å²) in [6.07, 6.45) is 2.94. The average Bonchev–Trinajstić information content (AvgIpc) is 2.92. The Morgan fingerprint density at radius 3 is 2.71 bits per heavy atom. The average molecular weight is 303 g/mol. The van der Waals surface area contributed by atoms with Crippen LogP contribution >= 0.6 is 0 Å². The number of fused-ring (bicyclic) bond motifs is 1. The van der Waals surface area contributed by atoms with E-state index >= 15 is 0 Å². The summed E-state index contributed by atoms with van der Waals surface area (Å²) in [6.45, 7) is 0. The van der Waals surface area contributed by atoms with Crippen molar-refractivity contribution in [3.63, 3.8) is 0 Å². The second-order valence-electron chi connectivity index (χ2n) is 4.28. The van der Waals surface area contributed by atoms with Gasteiger partial charge in [-0.25, -0.2) is 12.4 Å². The van der Waals surface area contributed by atoms with Gasteiger partial charge in [0, 0.05) is 24.5 Å². The number of hydrogen-bond acceptors (Lipinski definition) is 5. The lowest BCUT2D eigenvalue weighted by Crippen LogP contribution is -2.12. The van der Waals surface area contributed by atoms with E-state index in [1.54, 1.807) is 24.4 Å². The van der Waals surface area contributed by atoms with Crippen LogP contribution in [0.25, 0.3) is 11.0 Å². The van der Waals surface area contributed by atoms with Gasteiger partial charge in [-0.15, -0.1) is 0 Å². The molecule has 0 aliphatic heterocycles. The fraction of sp³-hybridized carbons (Fsp3) is 0. The third-order valence-corrected chi connectivity index (χ3v) is 4.69. The number of benzene rings is 1. The molecule has 0 amide bonds. The normalized spacial score (nSPS) is 11.6. The van der Waals surface area contributed by atoms with Gasteiger partial charge in [-0.05, 0) is 24.3 Å². The zero-order valence-corrected chi connectivity index (χ0v) is 11.4. The molecule has 0 unspecified atom stereocenters. The number of rotatable bonds is 3. The second kappa shape index (κ2) is 4.67. The molecule has 0 saturated carbocycles. The van der Waals surface area contributed by atoms with E-state index in [-0.39, 0.29) is 10.6 Å². The molecular formula is C13H9N3O4S. The standard InChI is InChI=1S/C13H9N3O4S/c17-16(18)10-3-1-4-11(9-10)21(19,20)15-8-6-12-13(15)5-2-7-14-12/h1-9H. The molecule has 3 aromatic rings. The van der Waals surface area contributed by atoms with Crippen molar-refractivity contribution in [2.45, 2.75) is 4.90 Å². The molecule has 0 atom stereocenters. The maximum absolute atomic E-state index is 12.6. The van der Waals surface area contributed by atoms with Gasteiger partial charge in [0.2, 0.25) is 0 Å². The third kappa shape index (κ3) is 2.15. The fourth-order valence-electron chi connectivity index (χ4n) is 2.02. The minimum absolute atomic E-state index is 0.141. The highest BCUT2D eigenvalue weighted by atomic mass is 32.2. The van der Waals surface area contributed by atoms with Crippen LogP contribution in [-0.4, -0.2) is 22.3 Å². The Balaban J connectivity index is 2.21. The number of non-ortho nitro benzene ring substituents is 1. The van der Waals surface area contributed by atoms with Crippen LogP contribution in [0.2, 0.25) is 0 Å². The van der Waals surface area contributed by atoms with E-state index < -0.39 is 14.9 Å². The monoisotopic (exact) mass is 303 g/mol. The highest BCUT2D eigenvalue weighted by molar-refractivity contribution is 7.90. The number of hydrogen-bond donors (Lipinski definition) is 0. The molecule has 0 bridgehead atoms. The number of nitrogens with zero attached hydrogens (tertiary/aromatic N) is 3. The van der Waals surface area contributed by atoms with Gasteiger partial charge >= 0.3 is 0 Å². The molecule has 0 aliphatic carbocycles. The zero-order valence-electron chi connectivity index (χ0n) is 10.6. The Bertz CT molecular complexity index is 947. The van der Waals surface area contributed by atoms with Gasteiger partial charge in [0.25, 0.3) is 15.7 Å². The first kappa shape index (κ1) is 13.3. The Kier molecular flexibility index (Phi) is 2.95. The van der Waals surface area contributed by atoms with Gasteiger partial charge in [-0.2, -0.15) is 0 Å². The molecule has 0 radical (unpaired) electrons. The molecule has 8 heteroatoms. The van der Waals surface area contributed by atoms with Crippen LogP contribution in [0.1, 0.15) is 0 Å². The predicted octanol–water partition coefficient (Wildman–Crippen LogP) is 2.18. The summed E-state index contributed by atoms with van der Waals surface area (Å²) in [5.41, 5.74) is 0.682. The Morgan fingerprint density at radius 2 is 1.95 bits per heavy atom. The molecular weight excluding hydrogens is 294 g/mol. The van der Waals surface area contributed by atoms with Gasteiger partial charge < -0.3 is 0 Å². The summed E-state index contributed by atoms with van der Waals surface area (Å²) >= 11 is 0. The Hall–Kier alpha value is -2.74. The summed E-state index contributed by atoms with van der Waals surface area (Å²) in [7, 11) is -3.91. The van der Waals surface area contributed by atoms with E-state index in [1.807, 2.05) is 0 Å². The minimum atomic E-state index is -3.91. The first-order valence-electron chi connectivity index (χ1n) is 5.92. The molecule has 0 aliphatic rings. The van der Waals surface area contributed by atoms with Crippen molar-refractivity contribution in [1.29, 1.82) is 0 Å². The van der Waals surface area contributed by atoms with E-state index in [0.29, 0.717) is 11.0 Å². The van der Waals surface area contributed by atoms with Crippen molar-refractivity contribution in [2.24, 2.45) is 0 Å². The fourth-order valence-corrected chi connectivity index (χ4v) is 3.40. The molecule has 3 rings (SSSR count). The van der Waals surface area contributed by atoms with Crippen molar-refractivity contribution in [3.05, 3.63) is 65.0 Å². The molecule has 0 saturated heterocycles. The molecule has 1 aromatic carbocycles. The molecule has 0 spiro atoms. The predicted molar refractivity (Wildman–Crippen MR) is 75.4 cm³/mol. The zero-order chi connectivity index (χ0) is 15.0. The third-order valence-electron chi connectivity index (χ3n) is 3.01. The number of nitro groups is 1. The van der Waals surface area contributed by atoms with Crippen LogP contribution in [0.15, 0.2) is 59.8 Å². The maximum atomic E-state index is 12.6. The lowest BCUT2D eigenvalue weighted by atomic mass is 10.3. The minimum Gasteiger partial charge on any atom is -0.258 e. The first-order valence-corrected chi connectivity index (χ1v) is 7.36. The van der Waals surface area contributed by atoms with Crippen LogP contribution in [0.3, 0.4) is 0 Å². The SMILES string of the molecule is O=[N+]([O-])c1cccc(S(=O)(=O)n2ccc3ncccc32)c1. The Morgan fingerprint density at radius 1 is 1.14 bits per heavy atom. The maximum Gasteiger partial charge on any atom is 0.270 e. The van der Waals surface area contributed by atoms with Crippen molar-refractivity contribution in [1.82, 2.24) is 8.96 Å². The quantitative estimate of drug-likeness (QED) is 0.546.